The number of terminal acetylenes is 1. The molecule has 0 bridgehead atoms. The lowest BCUT2D eigenvalue weighted by Gasteiger charge is -2.26. The lowest BCUT2D eigenvalue weighted by Crippen LogP contribution is -2.45. The van der Waals surface area contributed by atoms with Crippen LogP contribution in [0.25, 0.3) is 0 Å². The van der Waals surface area contributed by atoms with Gasteiger partial charge in [0.1, 0.15) is 0 Å². The summed E-state index contributed by atoms with van der Waals surface area (Å²) in [5, 5.41) is 9.07. The molecule has 0 radical (unpaired) electrons. The first kappa shape index (κ1) is 14.0. The van der Waals surface area contributed by atoms with E-state index in [2.05, 4.69) is 5.92 Å². The second-order valence-corrected chi connectivity index (χ2v) is 5.85. The van der Waals surface area contributed by atoms with Crippen molar-refractivity contribution in [3.8, 4) is 12.3 Å². The van der Waals surface area contributed by atoms with Crippen molar-refractivity contribution >= 4 is 15.8 Å². The van der Waals surface area contributed by atoms with E-state index in [0.717, 1.165) is 6.26 Å². The van der Waals surface area contributed by atoms with Gasteiger partial charge in [-0.25, -0.2) is 8.42 Å². The maximum absolute atomic E-state index is 11.5. The van der Waals surface area contributed by atoms with E-state index in [1.165, 1.54) is 0 Å². The van der Waals surface area contributed by atoms with Crippen LogP contribution in [-0.4, -0.2) is 30.5 Å². The summed E-state index contributed by atoms with van der Waals surface area (Å²) in [7, 11) is -3.66. The average molecular weight is 232 g/mol. The van der Waals surface area contributed by atoms with Gasteiger partial charge in [0.05, 0.1) is 0 Å². The molecule has 0 spiro atoms. The molecule has 86 valence electrons. The van der Waals surface area contributed by atoms with Crippen molar-refractivity contribution in [2.75, 3.05) is 6.26 Å². The predicted octanol–water partition coefficient (Wildman–Crippen LogP) is 1.07. The first-order valence-electron chi connectivity index (χ1n) is 4.68. The minimum atomic E-state index is -3.66. The van der Waals surface area contributed by atoms with Crippen molar-refractivity contribution in [2.24, 2.45) is 0 Å². The number of carboxylic acid groups (broad SMARTS) is 1. The lowest BCUT2D eigenvalue weighted by atomic mass is 9.97. The van der Waals surface area contributed by atoms with Gasteiger partial charge in [-0.2, -0.15) is 0 Å². The maximum atomic E-state index is 11.5. The zero-order valence-corrected chi connectivity index (χ0v) is 9.80. The normalized spacial score (nSPS) is 15.3. The topological polar surface area (TPSA) is 71.4 Å². The average Bonchev–Trinajstić information content (AvgIpc) is 2.09. The van der Waals surface area contributed by atoms with Crippen molar-refractivity contribution in [3.63, 3.8) is 0 Å². The van der Waals surface area contributed by atoms with Crippen LogP contribution in [0.4, 0.5) is 0 Å². The summed E-state index contributed by atoms with van der Waals surface area (Å²) in [6.07, 6.45) is 6.71. The van der Waals surface area contributed by atoms with Gasteiger partial charge in [-0.1, -0.05) is 13.3 Å². The first-order valence-corrected chi connectivity index (χ1v) is 6.57. The Hall–Kier alpha value is -1.02. The Bertz CT molecular complexity index is 363. The summed E-state index contributed by atoms with van der Waals surface area (Å²) in [6.45, 7) is 1.75. The van der Waals surface area contributed by atoms with Gasteiger partial charge in [0, 0.05) is 12.7 Å². The highest BCUT2D eigenvalue weighted by molar-refractivity contribution is 7.92. The molecule has 0 rings (SSSR count). The number of sulfone groups is 1. The van der Waals surface area contributed by atoms with E-state index in [1.807, 2.05) is 0 Å². The van der Waals surface area contributed by atoms with Crippen LogP contribution in [-0.2, 0) is 14.6 Å². The molecule has 0 aromatic carbocycles. The van der Waals surface area contributed by atoms with Crippen LogP contribution in [0.2, 0.25) is 0 Å². The summed E-state index contributed by atoms with van der Waals surface area (Å²) in [5.74, 6) is 0.977. The molecular weight excluding hydrogens is 216 g/mol. The Labute approximate surface area is 90.6 Å². The zero-order valence-electron chi connectivity index (χ0n) is 8.99. The molecule has 4 nitrogen and oxygen atoms in total. The van der Waals surface area contributed by atoms with Gasteiger partial charge in [0.15, 0.2) is 14.6 Å². The summed E-state index contributed by atoms with van der Waals surface area (Å²) in [4.78, 5) is 11.1. The van der Waals surface area contributed by atoms with E-state index in [0.29, 0.717) is 6.42 Å². The fraction of sp³-hybridized carbons (Fsp3) is 0.700. The third-order valence-electron chi connectivity index (χ3n) is 2.43. The molecule has 0 aliphatic heterocycles. The number of rotatable bonds is 6. The number of hydrogen-bond donors (Lipinski definition) is 1. The van der Waals surface area contributed by atoms with E-state index in [-0.39, 0.29) is 19.3 Å². The van der Waals surface area contributed by atoms with E-state index in [9.17, 15) is 13.2 Å². The highest BCUT2D eigenvalue weighted by atomic mass is 32.2. The largest absolute Gasteiger partial charge is 0.480 e. The quantitative estimate of drug-likeness (QED) is 0.695. The number of hydrogen-bond acceptors (Lipinski definition) is 3. The Morgan fingerprint density at radius 1 is 1.47 bits per heavy atom. The second kappa shape index (κ2) is 5.17. The summed E-state index contributed by atoms with van der Waals surface area (Å²) in [6, 6.07) is 0. The molecular formula is C10H16O4S. The molecule has 1 atom stereocenters. The summed E-state index contributed by atoms with van der Waals surface area (Å²) in [5.41, 5.74) is 0. The minimum Gasteiger partial charge on any atom is -0.480 e. The smallest absolute Gasteiger partial charge is 0.325 e. The predicted molar refractivity (Wildman–Crippen MR) is 58.2 cm³/mol. The Kier molecular flexibility index (Phi) is 4.82. The van der Waals surface area contributed by atoms with Crippen molar-refractivity contribution in [1.82, 2.24) is 0 Å². The Balaban J connectivity index is 5.30. The standard InChI is InChI=1S/C10H16O4S/c1-4-6-8-10(7-5-2,9(11)12)15(3,13)14/h1H,5-8H2,2-3H3,(H,11,12)/t10-/m1/s1. The zero-order chi connectivity index (χ0) is 12.1. The van der Waals surface area contributed by atoms with Crippen LogP contribution in [0.1, 0.15) is 32.6 Å². The molecule has 1 N–H and O–H groups in total. The lowest BCUT2D eigenvalue weighted by molar-refractivity contribution is -0.140. The molecule has 0 saturated carbocycles. The van der Waals surface area contributed by atoms with Gasteiger partial charge in [-0.05, 0) is 12.8 Å². The third-order valence-corrected chi connectivity index (χ3v) is 4.43. The molecule has 0 saturated heterocycles. The highest BCUT2D eigenvalue weighted by Gasteiger charge is 2.46. The molecule has 0 amide bonds. The molecule has 0 aromatic rings. The number of aliphatic carboxylic acids is 1. The third kappa shape index (κ3) is 2.96. The fourth-order valence-corrected chi connectivity index (χ4v) is 2.91. The van der Waals surface area contributed by atoms with Crippen LogP contribution < -0.4 is 0 Å². The first-order chi connectivity index (χ1) is 6.81. The molecule has 0 aliphatic carbocycles. The van der Waals surface area contributed by atoms with E-state index >= 15 is 0 Å². The second-order valence-electron chi connectivity index (χ2n) is 3.53. The van der Waals surface area contributed by atoms with Gasteiger partial charge in [0.2, 0.25) is 0 Å². The van der Waals surface area contributed by atoms with Crippen molar-refractivity contribution in [3.05, 3.63) is 0 Å². The Morgan fingerprint density at radius 2 is 2.00 bits per heavy atom. The van der Waals surface area contributed by atoms with Crippen molar-refractivity contribution in [2.45, 2.75) is 37.4 Å². The molecule has 0 unspecified atom stereocenters. The maximum Gasteiger partial charge on any atom is 0.325 e. The molecule has 5 heteroatoms. The van der Waals surface area contributed by atoms with E-state index in [1.54, 1.807) is 6.92 Å². The van der Waals surface area contributed by atoms with Crippen molar-refractivity contribution < 1.29 is 18.3 Å². The SMILES string of the molecule is C#CCC[C@](CCC)(C(=O)O)S(C)(=O)=O. The van der Waals surface area contributed by atoms with Gasteiger partial charge < -0.3 is 5.11 Å². The van der Waals surface area contributed by atoms with Gasteiger partial charge in [0.25, 0.3) is 0 Å². The molecule has 0 aliphatic rings. The summed E-state index contributed by atoms with van der Waals surface area (Å²) < 4.78 is 21.4. The van der Waals surface area contributed by atoms with E-state index < -0.39 is 20.6 Å². The van der Waals surface area contributed by atoms with Crippen molar-refractivity contribution in [1.29, 1.82) is 0 Å². The van der Waals surface area contributed by atoms with E-state index in [4.69, 9.17) is 11.5 Å². The molecule has 0 aromatic heterocycles. The van der Waals surface area contributed by atoms with Gasteiger partial charge >= 0.3 is 5.97 Å². The van der Waals surface area contributed by atoms with Crippen LogP contribution in [0.3, 0.4) is 0 Å². The monoisotopic (exact) mass is 232 g/mol. The van der Waals surface area contributed by atoms with Crippen LogP contribution in [0.15, 0.2) is 0 Å². The Morgan fingerprint density at radius 3 is 2.27 bits per heavy atom. The molecule has 0 heterocycles. The summed E-state index contributed by atoms with van der Waals surface area (Å²) >= 11 is 0. The van der Waals surface area contributed by atoms with Crippen LogP contribution in [0.5, 0.6) is 0 Å². The van der Waals surface area contributed by atoms with Crippen LogP contribution in [0, 0.1) is 12.3 Å². The number of carboxylic acids is 1. The van der Waals surface area contributed by atoms with Crippen LogP contribution >= 0.6 is 0 Å². The molecule has 0 fully saturated rings. The van der Waals surface area contributed by atoms with Gasteiger partial charge in [-0.3, -0.25) is 4.79 Å². The minimum absolute atomic E-state index is 0.0223. The fourth-order valence-electron chi connectivity index (χ4n) is 1.55. The molecule has 15 heavy (non-hydrogen) atoms. The highest BCUT2D eigenvalue weighted by Crippen LogP contribution is 2.28. The van der Waals surface area contributed by atoms with Gasteiger partial charge in [-0.15, -0.1) is 12.3 Å². The number of carbonyl (C=O) groups is 1.